The van der Waals surface area contributed by atoms with Crippen LogP contribution in [0.15, 0.2) is 96.0 Å². The van der Waals surface area contributed by atoms with Crippen LogP contribution in [0.1, 0.15) is 132 Å². The summed E-state index contributed by atoms with van der Waals surface area (Å²) in [5.74, 6) is -3.26. The van der Waals surface area contributed by atoms with E-state index < -0.39 is 54.1 Å². The van der Waals surface area contributed by atoms with Crippen LogP contribution < -0.4 is 31.2 Å². The number of amides is 3. The van der Waals surface area contributed by atoms with Crippen molar-refractivity contribution in [3.63, 3.8) is 0 Å². The molecule has 10 rings (SSSR count). The molecule has 2 fully saturated rings. The Kier molecular flexibility index (Phi) is 25.8. The van der Waals surface area contributed by atoms with Crippen LogP contribution in [0.4, 0.5) is 30.4 Å². The number of fused-ring (bicyclic) bond motifs is 2. The lowest BCUT2D eigenvalue weighted by atomic mass is 10.0. The predicted molar refractivity (Wildman–Crippen MR) is 325 cm³/mol. The molecule has 0 bridgehead atoms. The highest BCUT2D eigenvalue weighted by atomic mass is 32.1. The molecular formula is C62H76F2N8O13S2. The number of anilines is 4. The number of nitrogen functional groups attached to an aromatic ring is 1. The summed E-state index contributed by atoms with van der Waals surface area (Å²) in [4.78, 5) is 64.6. The van der Waals surface area contributed by atoms with Gasteiger partial charge in [-0.2, -0.15) is 0 Å². The zero-order chi connectivity index (χ0) is 61.3. The minimum absolute atomic E-state index is 0.0727. The zero-order valence-corrected chi connectivity index (χ0v) is 50.0. The highest BCUT2D eigenvalue weighted by molar-refractivity contribution is 7.13. The number of aliphatic carboxylic acids is 1. The largest absolute Gasteiger partial charge is 0.479 e. The van der Waals surface area contributed by atoms with Gasteiger partial charge in [0.05, 0.1) is 24.3 Å². The second kappa shape index (κ2) is 34.3. The number of hydrogen-bond donors (Lipinski definition) is 7. The van der Waals surface area contributed by atoms with Crippen molar-refractivity contribution < 1.29 is 71.7 Å². The number of carbonyl (C=O) groups excluding carboxylic acids is 3. The number of benzene rings is 4. The first kappa shape index (κ1) is 65.6. The van der Waals surface area contributed by atoms with Gasteiger partial charge in [-0.3, -0.25) is 19.7 Å². The summed E-state index contributed by atoms with van der Waals surface area (Å²) in [5.41, 5.74) is 9.18. The number of nitrogens with one attached hydrogen (secondary N) is 3. The molecule has 6 heterocycles. The van der Waals surface area contributed by atoms with E-state index in [0.717, 1.165) is 63.0 Å². The van der Waals surface area contributed by atoms with Crippen LogP contribution in [0.3, 0.4) is 0 Å². The lowest BCUT2D eigenvalue weighted by molar-refractivity contribution is -0.143. The van der Waals surface area contributed by atoms with E-state index in [1.165, 1.54) is 62.8 Å². The third-order valence-corrected chi connectivity index (χ3v) is 15.7. The normalized spacial score (nSPS) is 16.8. The fraction of sp³-hybridized carbons (Fsp3) is 0.452. The number of rotatable bonds is 29. The molecule has 2 aromatic heterocycles. The van der Waals surface area contributed by atoms with E-state index in [1.807, 2.05) is 29.6 Å². The van der Waals surface area contributed by atoms with Crippen LogP contribution in [-0.2, 0) is 41.6 Å². The molecule has 3 amide bonds. The van der Waals surface area contributed by atoms with Gasteiger partial charge in [0.15, 0.2) is 28.9 Å². The Morgan fingerprint density at radius 2 is 1.15 bits per heavy atom. The van der Waals surface area contributed by atoms with Crippen molar-refractivity contribution in [2.24, 2.45) is 0 Å². The first-order chi connectivity index (χ1) is 42.4. The van der Waals surface area contributed by atoms with E-state index in [-0.39, 0.29) is 54.8 Å². The number of ether oxygens (including phenoxy) is 6. The third kappa shape index (κ3) is 18.8. The van der Waals surface area contributed by atoms with Crippen LogP contribution in [0, 0.1) is 11.6 Å². The van der Waals surface area contributed by atoms with Gasteiger partial charge in [0.1, 0.15) is 29.2 Å². The topological polar surface area (TPSA) is 279 Å². The lowest BCUT2D eigenvalue weighted by Gasteiger charge is -2.30. The Morgan fingerprint density at radius 3 is 1.59 bits per heavy atom. The number of carboxylic acids is 1. The summed E-state index contributed by atoms with van der Waals surface area (Å²) in [5, 5.41) is 41.9. The molecule has 0 radical (unpaired) electrons. The third-order valence-electron chi connectivity index (χ3n) is 14.4. The van der Waals surface area contributed by atoms with Gasteiger partial charge in [-0.1, -0.05) is 24.3 Å². The number of halogens is 2. The molecule has 4 atom stereocenters. The molecule has 87 heavy (non-hydrogen) atoms. The molecule has 8 N–H and O–H groups in total. The molecule has 6 aromatic rings. The summed E-state index contributed by atoms with van der Waals surface area (Å²) >= 11 is 2.69. The average Bonchev–Trinajstić information content (AvgIpc) is 1.76. The van der Waals surface area contributed by atoms with Gasteiger partial charge in [0.25, 0.3) is 17.7 Å². The molecular weight excluding hydrogens is 1170 g/mol. The van der Waals surface area contributed by atoms with Crippen LogP contribution in [0.5, 0.6) is 11.5 Å². The van der Waals surface area contributed by atoms with Crippen molar-refractivity contribution in [1.29, 1.82) is 0 Å². The Balaban J connectivity index is 0.000000207. The van der Waals surface area contributed by atoms with Gasteiger partial charge in [-0.25, -0.2) is 23.5 Å². The smallest absolute Gasteiger partial charge is 0.331 e. The van der Waals surface area contributed by atoms with Gasteiger partial charge < -0.3 is 69.9 Å². The SMILES string of the molecule is Nc1nccs1.O=C(Nc1nccs1)C(c1cc(F)ccc1OC1CCCCO1)N1Cc2cccc(NCCCCOCCCO)c2C1=O.O=C(O)C(c1cc(F)ccc1OC1CCCCO1)N1Cc2cccc(NCCCCOCCCO)c2C1=O. The first-order valence-corrected chi connectivity index (χ1v) is 31.1. The number of nitrogens with two attached hydrogens (primary N) is 1. The second-order valence-electron chi connectivity index (χ2n) is 20.7. The van der Waals surface area contributed by atoms with E-state index >= 15 is 0 Å². The maximum Gasteiger partial charge on any atom is 0.331 e. The zero-order valence-electron chi connectivity index (χ0n) is 48.4. The average molecular weight is 1240 g/mol. The Hall–Kier alpha value is -7.36. The van der Waals surface area contributed by atoms with E-state index in [9.17, 15) is 33.1 Å². The highest BCUT2D eigenvalue weighted by Crippen LogP contribution is 2.42. The standard InChI is InChI=1S/C31H37FN4O6S.C28H35FN2O7.C3H4N2S/c32-22-10-11-25(42-26-9-1-3-17-41-26)23(19-22)28(29(38)35-31-34-13-18-43-31)36-20-21-7-5-8-24(27(21)30(36)39)33-12-2-4-15-40-16-6-14-37;29-20-10-11-23(38-24-9-1-3-16-37-24)21(17-20)26(28(34)35)31-18-19-7-5-8-22(25(19)27(31)33)30-12-2-4-14-36-15-6-13-32;4-3-5-1-2-6-3/h5,7-8,10-11,13,18-19,26,28,33,37H,1-4,6,9,12,14-17,20H2,(H,34,35,38);5,7-8,10-11,17,24,26,30,32H,1-4,6,9,12-16,18H2,(H,34,35);1-2H,(H2,4,5). The van der Waals surface area contributed by atoms with Gasteiger partial charge in [0, 0.05) is 124 Å². The van der Waals surface area contributed by atoms with Gasteiger partial charge in [0.2, 0.25) is 0 Å². The van der Waals surface area contributed by atoms with Gasteiger partial charge >= 0.3 is 5.97 Å². The van der Waals surface area contributed by atoms with Gasteiger partial charge in [-0.15, -0.1) is 22.7 Å². The lowest BCUT2D eigenvalue weighted by Crippen LogP contribution is -2.38. The monoisotopic (exact) mass is 1240 g/mol. The molecule has 4 unspecified atom stereocenters. The summed E-state index contributed by atoms with van der Waals surface area (Å²) in [7, 11) is 0. The van der Waals surface area contributed by atoms with E-state index in [1.54, 1.807) is 29.9 Å². The molecule has 4 aliphatic rings. The highest BCUT2D eigenvalue weighted by Gasteiger charge is 2.42. The Labute approximate surface area is 512 Å². The molecule has 4 aromatic carbocycles. The minimum atomic E-state index is -1.44. The number of unbranched alkanes of at least 4 members (excludes halogenated alkanes) is 2. The number of thiazole rings is 2. The number of nitrogens with zero attached hydrogens (tertiary/aromatic N) is 4. The van der Waals surface area contributed by atoms with Crippen LogP contribution in [-0.4, -0.2) is 137 Å². The Bertz CT molecular complexity index is 3140. The maximum absolute atomic E-state index is 14.8. The molecule has 21 nitrogen and oxygen atoms in total. The fourth-order valence-corrected chi connectivity index (χ4v) is 11.2. The molecule has 468 valence electrons. The second-order valence-corrected chi connectivity index (χ2v) is 22.5. The van der Waals surface area contributed by atoms with Crippen LogP contribution in [0.25, 0.3) is 0 Å². The number of aliphatic hydroxyl groups excluding tert-OH is 2. The van der Waals surface area contributed by atoms with Crippen LogP contribution >= 0.6 is 22.7 Å². The molecule has 2 saturated heterocycles. The van der Waals surface area contributed by atoms with Crippen molar-refractivity contribution in [3.05, 3.63) is 141 Å². The van der Waals surface area contributed by atoms with Gasteiger partial charge in [-0.05, 0) is 124 Å². The van der Waals surface area contributed by atoms with Crippen molar-refractivity contribution in [2.45, 2.75) is 115 Å². The molecule has 0 spiro atoms. The molecule has 25 heteroatoms. The first-order valence-electron chi connectivity index (χ1n) is 29.4. The molecule has 4 aliphatic heterocycles. The summed E-state index contributed by atoms with van der Waals surface area (Å²) < 4.78 is 63.5. The number of aliphatic hydroxyl groups is 2. The number of carboxylic acid groups (broad SMARTS) is 1. The number of hydrogen-bond acceptors (Lipinski definition) is 19. The summed E-state index contributed by atoms with van der Waals surface area (Å²) in [6, 6.07) is 16.1. The summed E-state index contributed by atoms with van der Waals surface area (Å²) in [6.45, 7) is 5.04. The van der Waals surface area contributed by atoms with Crippen molar-refractivity contribution in [3.8, 4) is 11.5 Å². The molecule has 0 saturated carbocycles. The number of carbonyl (C=O) groups is 4. The maximum atomic E-state index is 14.8. The van der Waals surface area contributed by atoms with Crippen molar-refractivity contribution >= 4 is 68.0 Å². The van der Waals surface area contributed by atoms with E-state index in [0.29, 0.717) is 117 Å². The predicted octanol–water partition coefficient (Wildman–Crippen LogP) is 9.94. The van der Waals surface area contributed by atoms with E-state index in [2.05, 4.69) is 25.9 Å². The fourth-order valence-electron chi connectivity index (χ4n) is 10.3. The van der Waals surface area contributed by atoms with E-state index in [4.69, 9.17) is 44.4 Å². The minimum Gasteiger partial charge on any atom is -0.479 e. The van der Waals surface area contributed by atoms with Crippen LogP contribution in [0.2, 0.25) is 0 Å². The van der Waals surface area contributed by atoms with Crippen molar-refractivity contribution in [1.82, 2.24) is 19.8 Å². The van der Waals surface area contributed by atoms with Crippen molar-refractivity contribution in [2.75, 3.05) is 87.6 Å². The molecule has 0 aliphatic carbocycles. The number of aromatic nitrogens is 2. The quantitative estimate of drug-likeness (QED) is 0.0215. The Morgan fingerprint density at radius 1 is 0.655 bits per heavy atom. The summed E-state index contributed by atoms with van der Waals surface area (Å²) in [6.07, 6.45) is 11.7.